The molecule has 2 aromatic carbocycles. The third-order valence-electron chi connectivity index (χ3n) is 4.91. The summed E-state index contributed by atoms with van der Waals surface area (Å²) in [5.41, 5.74) is 3.32. The minimum absolute atomic E-state index is 0.282. The van der Waals surface area contributed by atoms with Gasteiger partial charge in [-0.05, 0) is 17.2 Å². The second kappa shape index (κ2) is 9.78. The molecule has 1 unspecified atom stereocenters. The van der Waals surface area contributed by atoms with Crippen LogP contribution in [-0.4, -0.2) is 48.6 Å². The zero-order valence-electron chi connectivity index (χ0n) is 17.5. The van der Waals surface area contributed by atoms with E-state index < -0.39 is 0 Å². The summed E-state index contributed by atoms with van der Waals surface area (Å²) in [6, 6.07) is 18.3. The molecule has 0 aliphatic carbocycles. The highest BCUT2D eigenvalue weighted by atomic mass is 16.5. The lowest BCUT2D eigenvalue weighted by molar-refractivity contribution is 0.405. The third-order valence-corrected chi connectivity index (χ3v) is 4.91. The largest absolute Gasteiger partial charge is 0.496 e. The molecule has 0 spiro atoms. The SMILES string of the molecule is CN=C(NCC(C)c1ccccc1OC)N(C)Cc1ncc(-c2ccccc2)[nH]1. The first kappa shape index (κ1) is 20.5. The van der Waals surface area contributed by atoms with Gasteiger partial charge in [0.2, 0.25) is 0 Å². The van der Waals surface area contributed by atoms with Gasteiger partial charge >= 0.3 is 0 Å². The quantitative estimate of drug-likeness (QED) is 0.474. The Morgan fingerprint density at radius 2 is 1.90 bits per heavy atom. The first-order valence-corrected chi connectivity index (χ1v) is 9.76. The van der Waals surface area contributed by atoms with E-state index in [1.165, 1.54) is 5.56 Å². The van der Waals surface area contributed by atoms with E-state index in [1.54, 1.807) is 14.2 Å². The molecule has 0 radical (unpaired) electrons. The van der Waals surface area contributed by atoms with Crippen LogP contribution in [0.25, 0.3) is 11.3 Å². The molecule has 0 aliphatic heterocycles. The molecule has 0 fully saturated rings. The molecule has 0 bridgehead atoms. The summed E-state index contributed by atoms with van der Waals surface area (Å²) < 4.78 is 5.48. The molecular formula is C23H29N5O. The van der Waals surface area contributed by atoms with Gasteiger partial charge in [-0.1, -0.05) is 55.5 Å². The van der Waals surface area contributed by atoms with E-state index in [0.717, 1.165) is 35.3 Å². The maximum Gasteiger partial charge on any atom is 0.193 e. The van der Waals surface area contributed by atoms with Gasteiger partial charge in [0.1, 0.15) is 11.6 Å². The van der Waals surface area contributed by atoms with Crippen LogP contribution in [-0.2, 0) is 6.54 Å². The summed E-state index contributed by atoms with van der Waals surface area (Å²) in [7, 11) is 5.51. The lowest BCUT2D eigenvalue weighted by Gasteiger charge is -2.23. The number of hydrogen-bond acceptors (Lipinski definition) is 3. The average molecular weight is 392 g/mol. The van der Waals surface area contributed by atoms with Crippen molar-refractivity contribution in [3.8, 4) is 17.0 Å². The summed E-state index contributed by atoms with van der Waals surface area (Å²) in [4.78, 5) is 14.4. The molecule has 152 valence electrons. The van der Waals surface area contributed by atoms with Gasteiger partial charge in [-0.15, -0.1) is 0 Å². The van der Waals surface area contributed by atoms with Crippen LogP contribution in [0.1, 0.15) is 24.2 Å². The highest BCUT2D eigenvalue weighted by Crippen LogP contribution is 2.25. The van der Waals surface area contributed by atoms with Gasteiger partial charge in [-0.2, -0.15) is 0 Å². The third kappa shape index (κ3) is 5.16. The number of hydrogen-bond donors (Lipinski definition) is 2. The minimum Gasteiger partial charge on any atom is -0.496 e. The number of ether oxygens (including phenoxy) is 1. The number of guanidine groups is 1. The highest BCUT2D eigenvalue weighted by molar-refractivity contribution is 5.79. The van der Waals surface area contributed by atoms with E-state index in [0.29, 0.717) is 6.54 Å². The number of aromatic nitrogens is 2. The number of nitrogens with zero attached hydrogens (tertiary/aromatic N) is 3. The molecule has 3 aromatic rings. The molecule has 0 amide bonds. The van der Waals surface area contributed by atoms with Crippen molar-refractivity contribution in [2.24, 2.45) is 4.99 Å². The molecule has 1 heterocycles. The molecule has 1 aromatic heterocycles. The molecule has 0 aliphatic rings. The average Bonchev–Trinajstić information content (AvgIpc) is 3.23. The second-order valence-corrected chi connectivity index (χ2v) is 7.04. The normalized spacial score (nSPS) is 12.5. The lowest BCUT2D eigenvalue weighted by Crippen LogP contribution is -2.40. The van der Waals surface area contributed by atoms with Crippen molar-refractivity contribution in [3.63, 3.8) is 0 Å². The minimum atomic E-state index is 0.282. The Kier molecular flexibility index (Phi) is 6.89. The van der Waals surface area contributed by atoms with Crippen molar-refractivity contribution >= 4 is 5.96 Å². The van der Waals surface area contributed by atoms with Crippen LogP contribution < -0.4 is 10.1 Å². The molecule has 6 heteroatoms. The number of aromatic amines is 1. The van der Waals surface area contributed by atoms with Gasteiger partial charge in [-0.25, -0.2) is 4.98 Å². The monoisotopic (exact) mass is 391 g/mol. The summed E-state index contributed by atoms with van der Waals surface area (Å²) >= 11 is 0. The molecule has 3 rings (SSSR count). The predicted molar refractivity (Wildman–Crippen MR) is 118 cm³/mol. The van der Waals surface area contributed by atoms with Crippen molar-refractivity contribution < 1.29 is 4.74 Å². The Morgan fingerprint density at radius 3 is 2.62 bits per heavy atom. The van der Waals surface area contributed by atoms with Crippen molar-refractivity contribution in [2.75, 3.05) is 27.7 Å². The molecule has 29 heavy (non-hydrogen) atoms. The fourth-order valence-corrected chi connectivity index (χ4v) is 3.32. The van der Waals surface area contributed by atoms with Gasteiger partial charge in [-0.3, -0.25) is 4.99 Å². The summed E-state index contributed by atoms with van der Waals surface area (Å²) in [5.74, 6) is 2.91. The van der Waals surface area contributed by atoms with E-state index >= 15 is 0 Å². The Labute approximate surface area is 172 Å². The Hall–Kier alpha value is -3.28. The Balaban J connectivity index is 1.60. The number of benzene rings is 2. The number of rotatable bonds is 7. The highest BCUT2D eigenvalue weighted by Gasteiger charge is 2.14. The zero-order chi connectivity index (χ0) is 20.6. The number of aliphatic imine (C=N–C) groups is 1. The van der Waals surface area contributed by atoms with Gasteiger partial charge in [0.15, 0.2) is 5.96 Å². The number of para-hydroxylation sites is 1. The van der Waals surface area contributed by atoms with Crippen molar-refractivity contribution in [1.29, 1.82) is 0 Å². The van der Waals surface area contributed by atoms with E-state index in [9.17, 15) is 0 Å². The van der Waals surface area contributed by atoms with Gasteiger partial charge in [0.05, 0.1) is 25.5 Å². The van der Waals surface area contributed by atoms with E-state index in [2.05, 4.69) is 50.3 Å². The Morgan fingerprint density at radius 1 is 1.17 bits per heavy atom. The van der Waals surface area contributed by atoms with Crippen LogP contribution in [0.15, 0.2) is 65.8 Å². The van der Waals surface area contributed by atoms with Crippen molar-refractivity contribution in [3.05, 3.63) is 72.2 Å². The maximum atomic E-state index is 5.48. The van der Waals surface area contributed by atoms with Gasteiger partial charge < -0.3 is 19.9 Å². The van der Waals surface area contributed by atoms with Crippen LogP contribution in [0.2, 0.25) is 0 Å². The van der Waals surface area contributed by atoms with E-state index in [1.807, 2.05) is 49.6 Å². The summed E-state index contributed by atoms with van der Waals surface area (Å²) in [5, 5.41) is 3.46. The molecule has 0 saturated carbocycles. The second-order valence-electron chi connectivity index (χ2n) is 7.04. The number of methoxy groups -OCH3 is 1. The zero-order valence-corrected chi connectivity index (χ0v) is 17.5. The number of nitrogens with one attached hydrogen (secondary N) is 2. The maximum absolute atomic E-state index is 5.48. The number of imidazole rings is 1. The fraction of sp³-hybridized carbons (Fsp3) is 0.304. The first-order chi connectivity index (χ1) is 14.1. The smallest absolute Gasteiger partial charge is 0.193 e. The molecule has 6 nitrogen and oxygen atoms in total. The van der Waals surface area contributed by atoms with E-state index in [4.69, 9.17) is 4.74 Å². The molecule has 2 N–H and O–H groups in total. The molecular weight excluding hydrogens is 362 g/mol. The van der Waals surface area contributed by atoms with Crippen molar-refractivity contribution in [1.82, 2.24) is 20.2 Å². The van der Waals surface area contributed by atoms with Crippen LogP contribution in [0.5, 0.6) is 5.75 Å². The number of H-pyrrole nitrogens is 1. The van der Waals surface area contributed by atoms with Crippen LogP contribution >= 0.6 is 0 Å². The summed E-state index contributed by atoms with van der Waals surface area (Å²) in [6.07, 6.45) is 1.87. The topological polar surface area (TPSA) is 65.5 Å². The lowest BCUT2D eigenvalue weighted by atomic mass is 10.0. The Bertz CT molecular complexity index is 935. The standard InChI is InChI=1S/C23H29N5O/c1-17(19-12-8-9-13-21(19)29-4)14-26-23(24-2)28(3)16-22-25-15-20(27-22)18-10-6-5-7-11-18/h5-13,15,17H,14,16H2,1-4H3,(H,24,26)(H,25,27). The molecule has 0 saturated heterocycles. The van der Waals surface area contributed by atoms with Crippen LogP contribution in [0, 0.1) is 0 Å². The fourth-order valence-electron chi connectivity index (χ4n) is 3.32. The summed E-state index contributed by atoms with van der Waals surface area (Å²) in [6.45, 7) is 3.57. The van der Waals surface area contributed by atoms with Gasteiger partial charge in [0.25, 0.3) is 0 Å². The van der Waals surface area contributed by atoms with Gasteiger partial charge in [0, 0.05) is 26.6 Å². The first-order valence-electron chi connectivity index (χ1n) is 9.76. The van der Waals surface area contributed by atoms with E-state index in [-0.39, 0.29) is 5.92 Å². The van der Waals surface area contributed by atoms with Crippen LogP contribution in [0.3, 0.4) is 0 Å². The molecule has 1 atom stereocenters. The van der Waals surface area contributed by atoms with Crippen molar-refractivity contribution in [2.45, 2.75) is 19.4 Å². The van der Waals surface area contributed by atoms with Crippen LogP contribution in [0.4, 0.5) is 0 Å². The predicted octanol–water partition coefficient (Wildman–Crippen LogP) is 3.90.